The van der Waals surface area contributed by atoms with E-state index in [0.717, 1.165) is 36.8 Å². The number of nitrogens with one attached hydrogen (secondary N) is 2. The fraction of sp³-hybridized carbons (Fsp3) is 0.538. The van der Waals surface area contributed by atoms with Crippen molar-refractivity contribution in [3.05, 3.63) is 23.0 Å². The maximum atomic E-state index is 9.15. The number of morpholine rings is 1. The monoisotopic (exact) mass is 246 g/mol. The van der Waals surface area contributed by atoms with E-state index in [1.54, 1.807) is 0 Å². The molecule has 2 rings (SSSR count). The Hall–Kier alpha value is -1.64. The van der Waals surface area contributed by atoms with Crippen LogP contribution in [0.5, 0.6) is 0 Å². The van der Waals surface area contributed by atoms with Crippen LogP contribution < -0.4 is 10.6 Å². The van der Waals surface area contributed by atoms with E-state index < -0.39 is 0 Å². The van der Waals surface area contributed by atoms with Crippen molar-refractivity contribution in [1.29, 1.82) is 5.26 Å². The highest BCUT2D eigenvalue weighted by atomic mass is 16.5. The molecule has 1 aliphatic rings. The Labute approximate surface area is 107 Å². The van der Waals surface area contributed by atoms with Crippen LogP contribution in [0, 0.1) is 25.2 Å². The van der Waals surface area contributed by atoms with Crippen LogP contribution in [0.2, 0.25) is 0 Å². The minimum atomic E-state index is 0.152. The maximum absolute atomic E-state index is 9.15. The van der Waals surface area contributed by atoms with Crippen molar-refractivity contribution in [2.24, 2.45) is 0 Å². The third-order valence-corrected chi connectivity index (χ3v) is 2.96. The van der Waals surface area contributed by atoms with Crippen LogP contribution >= 0.6 is 0 Å². The van der Waals surface area contributed by atoms with E-state index in [4.69, 9.17) is 10.00 Å². The van der Waals surface area contributed by atoms with E-state index in [9.17, 15) is 0 Å². The van der Waals surface area contributed by atoms with Crippen LogP contribution in [0.4, 0.5) is 5.69 Å². The molecule has 0 bridgehead atoms. The molecule has 0 spiro atoms. The molecule has 1 saturated heterocycles. The molecule has 0 saturated carbocycles. The molecule has 18 heavy (non-hydrogen) atoms. The molecule has 5 heteroatoms. The van der Waals surface area contributed by atoms with Gasteiger partial charge in [0.25, 0.3) is 0 Å². The third kappa shape index (κ3) is 2.97. The molecule has 1 aromatic rings. The van der Waals surface area contributed by atoms with E-state index in [2.05, 4.69) is 21.7 Å². The maximum Gasteiger partial charge on any atom is 0.103 e. The normalized spacial score (nSPS) is 19.3. The first-order valence-electron chi connectivity index (χ1n) is 6.15. The average Bonchev–Trinajstić information content (AvgIpc) is 2.37. The summed E-state index contributed by atoms with van der Waals surface area (Å²) in [4.78, 5) is 4.29. The molecule has 0 radical (unpaired) electrons. The largest absolute Gasteiger partial charge is 0.381 e. The van der Waals surface area contributed by atoms with Crippen LogP contribution in [0.3, 0.4) is 0 Å². The Morgan fingerprint density at radius 3 is 3.11 bits per heavy atom. The van der Waals surface area contributed by atoms with Gasteiger partial charge in [0.15, 0.2) is 0 Å². The molecule has 1 aromatic heterocycles. The van der Waals surface area contributed by atoms with Crippen molar-refractivity contribution >= 4 is 5.69 Å². The van der Waals surface area contributed by atoms with Gasteiger partial charge in [-0.2, -0.15) is 5.26 Å². The molecular formula is C13H18N4O. The van der Waals surface area contributed by atoms with Gasteiger partial charge in [-0.25, -0.2) is 0 Å². The summed E-state index contributed by atoms with van der Waals surface area (Å²) in [6.45, 7) is 6.98. The zero-order valence-electron chi connectivity index (χ0n) is 10.8. The van der Waals surface area contributed by atoms with Gasteiger partial charge in [0, 0.05) is 25.3 Å². The van der Waals surface area contributed by atoms with Crippen LogP contribution in [0.25, 0.3) is 0 Å². The summed E-state index contributed by atoms with van der Waals surface area (Å²) in [7, 11) is 0. The van der Waals surface area contributed by atoms with Gasteiger partial charge in [-0.05, 0) is 19.9 Å². The summed E-state index contributed by atoms with van der Waals surface area (Å²) < 4.78 is 5.61. The fourth-order valence-electron chi connectivity index (χ4n) is 2.08. The van der Waals surface area contributed by atoms with Crippen LogP contribution in [-0.4, -0.2) is 37.3 Å². The predicted octanol–water partition coefficient (Wildman–Crippen LogP) is 0.970. The molecule has 0 aliphatic carbocycles. The number of pyridine rings is 1. The number of rotatable bonds is 3. The van der Waals surface area contributed by atoms with Gasteiger partial charge in [-0.1, -0.05) is 0 Å². The predicted molar refractivity (Wildman–Crippen MR) is 69.5 cm³/mol. The van der Waals surface area contributed by atoms with Gasteiger partial charge in [0.1, 0.15) is 6.07 Å². The fourth-order valence-corrected chi connectivity index (χ4v) is 2.08. The lowest BCUT2D eigenvalue weighted by Gasteiger charge is -2.24. The van der Waals surface area contributed by atoms with Crippen LogP contribution in [-0.2, 0) is 4.74 Å². The van der Waals surface area contributed by atoms with Crippen LogP contribution in [0.1, 0.15) is 17.0 Å². The summed E-state index contributed by atoms with van der Waals surface area (Å²) >= 11 is 0. The van der Waals surface area contributed by atoms with E-state index in [1.165, 1.54) is 0 Å². The number of nitriles is 1. The summed E-state index contributed by atoms with van der Waals surface area (Å²) in [5, 5.41) is 15.7. The first-order chi connectivity index (χ1) is 8.70. The highest BCUT2D eigenvalue weighted by molar-refractivity contribution is 5.59. The lowest BCUT2D eigenvalue weighted by atomic mass is 10.1. The summed E-state index contributed by atoms with van der Waals surface area (Å²) in [6, 6.07) is 4.10. The average molecular weight is 246 g/mol. The molecule has 5 nitrogen and oxygen atoms in total. The number of ether oxygens (including phenoxy) is 1. The topological polar surface area (TPSA) is 70.0 Å². The molecule has 1 unspecified atom stereocenters. The molecule has 2 heterocycles. The van der Waals surface area contributed by atoms with Crippen LogP contribution in [0.15, 0.2) is 6.07 Å². The highest BCUT2D eigenvalue weighted by Gasteiger charge is 2.14. The first-order valence-corrected chi connectivity index (χ1v) is 6.15. The highest BCUT2D eigenvalue weighted by Crippen LogP contribution is 2.18. The molecular weight excluding hydrogens is 228 g/mol. The van der Waals surface area contributed by atoms with Gasteiger partial charge < -0.3 is 15.4 Å². The lowest BCUT2D eigenvalue weighted by Crippen LogP contribution is -2.42. The second-order valence-corrected chi connectivity index (χ2v) is 4.46. The number of nitrogens with zero attached hydrogens (tertiary/aromatic N) is 2. The van der Waals surface area contributed by atoms with Crippen molar-refractivity contribution in [3.63, 3.8) is 0 Å². The molecule has 0 amide bonds. The summed E-state index contributed by atoms with van der Waals surface area (Å²) in [6.07, 6.45) is 0.152. The Balaban J connectivity index is 2.06. The smallest absolute Gasteiger partial charge is 0.103 e. The van der Waals surface area contributed by atoms with Crippen molar-refractivity contribution in [2.75, 3.05) is 31.6 Å². The van der Waals surface area contributed by atoms with Crippen molar-refractivity contribution in [1.82, 2.24) is 10.3 Å². The Morgan fingerprint density at radius 1 is 1.61 bits per heavy atom. The Morgan fingerprint density at radius 2 is 2.44 bits per heavy atom. The van der Waals surface area contributed by atoms with Crippen molar-refractivity contribution < 1.29 is 4.74 Å². The minimum absolute atomic E-state index is 0.152. The van der Waals surface area contributed by atoms with Gasteiger partial charge in [-0.3, -0.25) is 4.98 Å². The Kier molecular flexibility index (Phi) is 4.13. The van der Waals surface area contributed by atoms with Gasteiger partial charge in [0.05, 0.1) is 29.7 Å². The summed E-state index contributed by atoms with van der Waals surface area (Å²) in [5.74, 6) is 0. The van der Waals surface area contributed by atoms with E-state index in [0.29, 0.717) is 12.1 Å². The van der Waals surface area contributed by atoms with E-state index in [-0.39, 0.29) is 6.10 Å². The second-order valence-electron chi connectivity index (χ2n) is 4.46. The van der Waals surface area contributed by atoms with Crippen molar-refractivity contribution in [3.8, 4) is 6.07 Å². The molecule has 1 atom stereocenters. The number of hydrogen-bond acceptors (Lipinski definition) is 5. The number of aromatic nitrogens is 1. The van der Waals surface area contributed by atoms with E-state index >= 15 is 0 Å². The lowest BCUT2D eigenvalue weighted by molar-refractivity contribution is 0.0372. The summed E-state index contributed by atoms with van der Waals surface area (Å²) in [5.41, 5.74) is 3.14. The Bertz CT molecular complexity index is 461. The van der Waals surface area contributed by atoms with E-state index in [1.807, 2.05) is 19.9 Å². The standard InChI is InChI=1S/C13H18N4O/c1-9-5-13(12(6-14)10(2)17-9)16-8-11-7-15-3-4-18-11/h5,11,15H,3-4,7-8H2,1-2H3,(H,16,17). The zero-order chi connectivity index (χ0) is 13.0. The molecule has 2 N–H and O–H groups in total. The zero-order valence-corrected chi connectivity index (χ0v) is 10.8. The number of aryl methyl sites for hydroxylation is 2. The number of anilines is 1. The van der Waals surface area contributed by atoms with Gasteiger partial charge in [-0.15, -0.1) is 0 Å². The van der Waals surface area contributed by atoms with Gasteiger partial charge >= 0.3 is 0 Å². The van der Waals surface area contributed by atoms with Crippen molar-refractivity contribution in [2.45, 2.75) is 20.0 Å². The second kappa shape index (κ2) is 5.80. The molecule has 96 valence electrons. The third-order valence-electron chi connectivity index (χ3n) is 2.96. The first kappa shape index (κ1) is 12.8. The molecule has 1 aliphatic heterocycles. The molecule has 1 fully saturated rings. The SMILES string of the molecule is Cc1cc(NCC2CNCCO2)c(C#N)c(C)n1. The quantitative estimate of drug-likeness (QED) is 0.831. The number of hydrogen-bond donors (Lipinski definition) is 2. The van der Waals surface area contributed by atoms with Gasteiger partial charge in [0.2, 0.25) is 0 Å². The minimum Gasteiger partial charge on any atom is -0.381 e. The molecule has 0 aromatic carbocycles.